The van der Waals surface area contributed by atoms with Gasteiger partial charge in [0.2, 0.25) is 5.43 Å². The fourth-order valence-electron chi connectivity index (χ4n) is 1.99. The predicted octanol–water partition coefficient (Wildman–Crippen LogP) is 1.74. The van der Waals surface area contributed by atoms with Crippen LogP contribution >= 0.6 is 0 Å². The molecule has 4 heteroatoms. The van der Waals surface area contributed by atoms with E-state index >= 15 is 0 Å². The number of hydrogen-bond donors (Lipinski definition) is 1. The van der Waals surface area contributed by atoms with Crippen molar-refractivity contribution in [2.45, 2.75) is 13.5 Å². The van der Waals surface area contributed by atoms with Gasteiger partial charge < -0.3 is 14.4 Å². The van der Waals surface area contributed by atoms with Crippen molar-refractivity contribution < 1.29 is 9.84 Å². The van der Waals surface area contributed by atoms with Crippen molar-refractivity contribution >= 4 is 0 Å². The summed E-state index contributed by atoms with van der Waals surface area (Å²) in [7, 11) is 0. The van der Waals surface area contributed by atoms with Gasteiger partial charge in [0, 0.05) is 6.07 Å². The first kappa shape index (κ1) is 9.96. The van der Waals surface area contributed by atoms with E-state index in [-0.39, 0.29) is 11.2 Å². The highest BCUT2D eigenvalue weighted by molar-refractivity contribution is 5.52. The zero-order valence-electron chi connectivity index (χ0n) is 9.30. The van der Waals surface area contributed by atoms with Gasteiger partial charge in [0.1, 0.15) is 12.4 Å². The number of aromatic nitrogens is 1. The summed E-state index contributed by atoms with van der Waals surface area (Å²) in [4.78, 5) is 11.4. The minimum Gasteiger partial charge on any atom is -0.503 e. The molecule has 0 unspecified atom stereocenters. The topological polar surface area (TPSA) is 51.5 Å². The van der Waals surface area contributed by atoms with Crippen LogP contribution < -0.4 is 10.2 Å². The molecule has 4 nitrogen and oxygen atoms in total. The largest absolute Gasteiger partial charge is 0.503 e. The molecule has 17 heavy (non-hydrogen) atoms. The number of aryl methyl sites for hydroxylation is 1. The second-order valence-electron chi connectivity index (χ2n) is 4.14. The first-order valence-corrected chi connectivity index (χ1v) is 5.33. The molecule has 3 rings (SSSR count). The quantitative estimate of drug-likeness (QED) is 0.748. The summed E-state index contributed by atoms with van der Waals surface area (Å²) in [5.74, 6) is 0.509. The Morgan fingerprint density at radius 1 is 1.35 bits per heavy atom. The fraction of sp³-hybridized carbons (Fsp3) is 0.154. The van der Waals surface area contributed by atoms with Crippen LogP contribution in [-0.2, 0) is 6.61 Å². The van der Waals surface area contributed by atoms with Crippen LogP contribution in [0.2, 0.25) is 0 Å². The van der Waals surface area contributed by atoms with Crippen molar-refractivity contribution in [1.82, 2.24) is 4.57 Å². The van der Waals surface area contributed by atoms with Crippen LogP contribution in [0.1, 0.15) is 11.3 Å². The monoisotopic (exact) mass is 229 g/mol. The highest BCUT2D eigenvalue weighted by Crippen LogP contribution is 2.30. The number of fused-ring (bicyclic) bond motifs is 3. The van der Waals surface area contributed by atoms with E-state index in [1.54, 1.807) is 4.57 Å². The minimum absolute atomic E-state index is 0.247. The van der Waals surface area contributed by atoms with Gasteiger partial charge in [0.05, 0.1) is 17.6 Å². The Bertz CT molecular complexity index is 658. The van der Waals surface area contributed by atoms with E-state index < -0.39 is 0 Å². The van der Waals surface area contributed by atoms with Gasteiger partial charge in [-0.3, -0.25) is 4.79 Å². The summed E-state index contributed by atoms with van der Waals surface area (Å²) in [6.07, 6.45) is 1.44. The van der Waals surface area contributed by atoms with Gasteiger partial charge in [-0.25, -0.2) is 0 Å². The molecule has 1 aromatic carbocycles. The summed E-state index contributed by atoms with van der Waals surface area (Å²) in [6, 6.07) is 7.22. The van der Waals surface area contributed by atoms with Crippen molar-refractivity contribution in [3.05, 3.63) is 51.9 Å². The van der Waals surface area contributed by atoms with Crippen LogP contribution in [0, 0.1) is 6.92 Å². The first-order chi connectivity index (χ1) is 8.15. The average Bonchev–Trinajstić information content (AvgIpc) is 2.31. The maximum Gasteiger partial charge on any atom is 0.223 e. The van der Waals surface area contributed by atoms with Crippen molar-refractivity contribution in [3.63, 3.8) is 0 Å². The Labute approximate surface area is 97.7 Å². The molecule has 1 aliphatic rings. The summed E-state index contributed by atoms with van der Waals surface area (Å²) < 4.78 is 7.35. The van der Waals surface area contributed by atoms with Crippen LogP contribution in [0.5, 0.6) is 11.5 Å². The molecule has 0 spiro atoms. The number of pyridine rings is 1. The molecule has 0 aliphatic carbocycles. The van der Waals surface area contributed by atoms with Crippen LogP contribution in [-0.4, -0.2) is 9.67 Å². The van der Waals surface area contributed by atoms with Crippen LogP contribution in [0.25, 0.3) is 5.69 Å². The van der Waals surface area contributed by atoms with Crippen LogP contribution in [0.3, 0.4) is 0 Å². The van der Waals surface area contributed by atoms with Crippen LogP contribution in [0.4, 0.5) is 0 Å². The Morgan fingerprint density at radius 2 is 2.18 bits per heavy atom. The Balaban J connectivity index is 2.31. The zero-order chi connectivity index (χ0) is 12.0. The molecule has 0 fully saturated rings. The molecule has 1 aliphatic heterocycles. The van der Waals surface area contributed by atoms with Gasteiger partial charge in [-0.05, 0) is 24.6 Å². The Hall–Kier alpha value is -2.23. The number of ether oxygens (including phenoxy) is 1. The lowest BCUT2D eigenvalue weighted by atomic mass is 10.1. The van der Waals surface area contributed by atoms with E-state index in [0.29, 0.717) is 6.61 Å². The van der Waals surface area contributed by atoms with Gasteiger partial charge in [0.25, 0.3) is 0 Å². The molecular formula is C13H11NO3. The molecule has 2 aromatic rings. The molecule has 0 saturated heterocycles. The summed E-state index contributed by atoms with van der Waals surface area (Å²) >= 11 is 0. The van der Waals surface area contributed by atoms with E-state index in [2.05, 4.69) is 0 Å². The molecule has 0 radical (unpaired) electrons. The smallest absolute Gasteiger partial charge is 0.223 e. The molecule has 0 saturated carbocycles. The number of aromatic hydroxyl groups is 1. The second-order valence-corrected chi connectivity index (χ2v) is 4.14. The molecule has 1 N–H and O–H groups in total. The normalized spacial score (nSPS) is 12.5. The highest BCUT2D eigenvalue weighted by atomic mass is 16.5. The Morgan fingerprint density at radius 3 is 3.00 bits per heavy atom. The van der Waals surface area contributed by atoms with Gasteiger partial charge in [-0.15, -0.1) is 0 Å². The lowest BCUT2D eigenvalue weighted by molar-refractivity contribution is 0.282. The van der Waals surface area contributed by atoms with Crippen molar-refractivity contribution in [2.75, 3.05) is 0 Å². The minimum atomic E-state index is -0.379. The average molecular weight is 229 g/mol. The molecule has 2 heterocycles. The SMILES string of the molecule is Cc1ccc2c(c1)-n1cc(O)c(=O)cc1CO2. The Kier molecular flexibility index (Phi) is 1.98. The molecule has 0 amide bonds. The fourth-order valence-corrected chi connectivity index (χ4v) is 1.99. The van der Waals surface area contributed by atoms with Gasteiger partial charge in [-0.1, -0.05) is 6.07 Å². The van der Waals surface area contributed by atoms with E-state index in [4.69, 9.17) is 4.74 Å². The predicted molar refractivity (Wildman–Crippen MR) is 62.8 cm³/mol. The second kappa shape index (κ2) is 3.38. The standard InChI is InChI=1S/C13H11NO3/c1-8-2-3-13-10(4-8)14-6-12(16)11(15)5-9(14)7-17-13/h2-6,16H,7H2,1H3. The number of nitrogens with zero attached hydrogens (tertiary/aromatic N) is 1. The lowest BCUT2D eigenvalue weighted by Crippen LogP contribution is -2.18. The van der Waals surface area contributed by atoms with E-state index in [0.717, 1.165) is 22.7 Å². The maximum absolute atomic E-state index is 11.4. The third-order valence-corrected chi connectivity index (χ3v) is 2.86. The van der Waals surface area contributed by atoms with Gasteiger partial charge in [0.15, 0.2) is 5.75 Å². The number of hydrogen-bond acceptors (Lipinski definition) is 3. The van der Waals surface area contributed by atoms with E-state index in [1.807, 2.05) is 25.1 Å². The summed E-state index contributed by atoms with van der Waals surface area (Å²) in [5.41, 5.74) is 2.31. The first-order valence-electron chi connectivity index (χ1n) is 5.33. The van der Waals surface area contributed by atoms with E-state index in [9.17, 15) is 9.90 Å². The molecule has 0 atom stereocenters. The number of rotatable bonds is 0. The lowest BCUT2D eigenvalue weighted by Gasteiger charge is -2.23. The van der Waals surface area contributed by atoms with Crippen molar-refractivity contribution in [3.8, 4) is 17.2 Å². The third kappa shape index (κ3) is 1.49. The zero-order valence-corrected chi connectivity index (χ0v) is 9.30. The number of benzene rings is 1. The molecular weight excluding hydrogens is 218 g/mol. The van der Waals surface area contributed by atoms with Crippen molar-refractivity contribution in [2.24, 2.45) is 0 Å². The highest BCUT2D eigenvalue weighted by Gasteiger charge is 2.17. The maximum atomic E-state index is 11.4. The molecule has 1 aromatic heterocycles. The van der Waals surface area contributed by atoms with Crippen molar-refractivity contribution in [1.29, 1.82) is 0 Å². The van der Waals surface area contributed by atoms with Crippen LogP contribution in [0.15, 0.2) is 35.3 Å². The van der Waals surface area contributed by atoms with Gasteiger partial charge >= 0.3 is 0 Å². The third-order valence-electron chi connectivity index (χ3n) is 2.86. The van der Waals surface area contributed by atoms with E-state index in [1.165, 1.54) is 12.3 Å². The molecule has 0 bridgehead atoms. The van der Waals surface area contributed by atoms with Gasteiger partial charge in [-0.2, -0.15) is 0 Å². The summed E-state index contributed by atoms with van der Waals surface area (Å²) in [6.45, 7) is 2.32. The summed E-state index contributed by atoms with van der Waals surface area (Å²) in [5, 5.41) is 9.50. The molecule has 86 valence electrons.